The summed E-state index contributed by atoms with van der Waals surface area (Å²) in [5, 5.41) is 0.182. The maximum absolute atomic E-state index is 13.1. The van der Waals surface area contributed by atoms with Crippen molar-refractivity contribution in [3.8, 4) is 0 Å². The number of aromatic nitrogens is 4. The molecule has 0 amide bonds. The van der Waals surface area contributed by atoms with E-state index in [4.69, 9.17) is 30.5 Å². The standard InChI is InChI=1S/C26H23ClN4O6/c1-26(34-2)20(37-24(33)17-11-7-4-8-12-17)18(13-35-23(32)16-9-5-3-6-10-16)36-25(26)31-15-30-19-21(27)28-14-29-22(19)31/h3-12,14-15,18,20,25H,13H2,1-2H3/t18-,20-,25-,26-/m1/s1. The van der Waals surface area contributed by atoms with Crippen LogP contribution in [0, 0.1) is 0 Å². The molecule has 0 bridgehead atoms. The van der Waals surface area contributed by atoms with Gasteiger partial charge in [0.2, 0.25) is 0 Å². The van der Waals surface area contributed by atoms with Gasteiger partial charge in [-0.15, -0.1) is 0 Å². The predicted molar refractivity (Wildman–Crippen MR) is 132 cm³/mol. The predicted octanol–water partition coefficient (Wildman–Crippen LogP) is 3.86. The number of esters is 2. The van der Waals surface area contributed by atoms with Crippen molar-refractivity contribution in [2.45, 2.75) is 31.0 Å². The van der Waals surface area contributed by atoms with Gasteiger partial charge in [0.25, 0.3) is 0 Å². The Balaban J connectivity index is 1.48. The topological polar surface area (TPSA) is 115 Å². The average molecular weight is 523 g/mol. The van der Waals surface area contributed by atoms with Gasteiger partial charge in [-0.3, -0.25) is 4.57 Å². The molecule has 0 N–H and O–H groups in total. The SMILES string of the molecule is CO[C@]1(C)[C@H](OC(=O)c2ccccc2)[C@@H](COC(=O)c2ccccc2)O[C@H]1n1cnc2c(Cl)ncnc21. The number of ether oxygens (including phenoxy) is 4. The highest BCUT2D eigenvalue weighted by molar-refractivity contribution is 6.33. The van der Waals surface area contributed by atoms with E-state index in [0.29, 0.717) is 22.3 Å². The third kappa shape index (κ3) is 4.66. The van der Waals surface area contributed by atoms with Crippen molar-refractivity contribution in [3.05, 3.63) is 89.6 Å². The Morgan fingerprint density at radius 2 is 1.65 bits per heavy atom. The van der Waals surface area contributed by atoms with Crippen molar-refractivity contribution in [1.29, 1.82) is 0 Å². The number of carbonyl (C=O) groups is 2. The summed E-state index contributed by atoms with van der Waals surface area (Å²) in [4.78, 5) is 38.3. The molecule has 4 aromatic rings. The first kappa shape index (κ1) is 24.8. The normalized spacial score (nSPS) is 23.2. The van der Waals surface area contributed by atoms with Gasteiger partial charge in [0, 0.05) is 7.11 Å². The Hall–Kier alpha value is -3.86. The van der Waals surface area contributed by atoms with Crippen LogP contribution in [0.15, 0.2) is 73.3 Å². The average Bonchev–Trinajstić information content (AvgIpc) is 3.48. The van der Waals surface area contributed by atoms with E-state index in [1.165, 1.54) is 19.8 Å². The van der Waals surface area contributed by atoms with Gasteiger partial charge >= 0.3 is 11.9 Å². The van der Waals surface area contributed by atoms with Crippen LogP contribution in [0.4, 0.5) is 0 Å². The highest BCUT2D eigenvalue weighted by Gasteiger charge is 2.58. The number of hydrogen-bond acceptors (Lipinski definition) is 9. The van der Waals surface area contributed by atoms with Gasteiger partial charge in [0.1, 0.15) is 30.2 Å². The van der Waals surface area contributed by atoms with Crippen LogP contribution in [0.25, 0.3) is 11.2 Å². The summed E-state index contributed by atoms with van der Waals surface area (Å²) in [7, 11) is 1.49. The Labute approximate surface area is 217 Å². The van der Waals surface area contributed by atoms with Crippen molar-refractivity contribution >= 4 is 34.7 Å². The number of hydrogen-bond donors (Lipinski definition) is 0. The molecule has 1 fully saturated rings. The maximum Gasteiger partial charge on any atom is 0.338 e. The molecule has 1 saturated heterocycles. The Morgan fingerprint density at radius 3 is 2.30 bits per heavy atom. The minimum absolute atomic E-state index is 0.182. The second-order valence-corrected chi connectivity index (χ2v) is 8.92. The van der Waals surface area contributed by atoms with Crippen LogP contribution in [0.5, 0.6) is 0 Å². The Bertz CT molecular complexity index is 1420. The summed E-state index contributed by atoms with van der Waals surface area (Å²) in [6.07, 6.45) is 0.122. The number of carbonyl (C=O) groups excluding carboxylic acids is 2. The van der Waals surface area contributed by atoms with E-state index >= 15 is 0 Å². The smallest absolute Gasteiger partial charge is 0.338 e. The molecule has 0 radical (unpaired) electrons. The minimum atomic E-state index is -1.22. The van der Waals surface area contributed by atoms with Crippen molar-refractivity contribution in [2.75, 3.05) is 13.7 Å². The van der Waals surface area contributed by atoms with Gasteiger partial charge in [-0.2, -0.15) is 0 Å². The van der Waals surface area contributed by atoms with Crippen molar-refractivity contribution in [1.82, 2.24) is 19.5 Å². The lowest BCUT2D eigenvalue weighted by atomic mass is 9.95. The van der Waals surface area contributed by atoms with E-state index in [-0.39, 0.29) is 11.8 Å². The number of halogens is 1. The third-order valence-electron chi connectivity index (χ3n) is 6.33. The first-order valence-electron chi connectivity index (χ1n) is 11.4. The number of benzene rings is 2. The second kappa shape index (κ2) is 10.3. The number of nitrogens with zero attached hydrogens (tertiary/aromatic N) is 4. The number of imidazole rings is 1. The first-order chi connectivity index (χ1) is 17.9. The van der Waals surface area contributed by atoms with Crippen molar-refractivity contribution in [3.63, 3.8) is 0 Å². The molecule has 11 heteroatoms. The Kier molecular flexibility index (Phi) is 6.88. The molecule has 0 unspecified atom stereocenters. The summed E-state index contributed by atoms with van der Waals surface area (Å²) < 4.78 is 25.4. The molecule has 0 saturated carbocycles. The van der Waals surface area contributed by atoms with Crippen LogP contribution in [0.3, 0.4) is 0 Å². The molecule has 190 valence electrons. The molecule has 3 heterocycles. The molecular formula is C26H23ClN4O6. The van der Waals surface area contributed by atoms with Crippen molar-refractivity contribution in [2.24, 2.45) is 0 Å². The van der Waals surface area contributed by atoms with E-state index in [0.717, 1.165) is 0 Å². The minimum Gasteiger partial charge on any atom is -0.459 e. The molecule has 10 nitrogen and oxygen atoms in total. The Morgan fingerprint density at radius 1 is 1.00 bits per heavy atom. The molecule has 37 heavy (non-hydrogen) atoms. The fraction of sp³-hybridized carbons (Fsp3) is 0.269. The fourth-order valence-corrected chi connectivity index (χ4v) is 4.50. The lowest BCUT2D eigenvalue weighted by molar-refractivity contribution is -0.121. The zero-order valence-corrected chi connectivity index (χ0v) is 20.7. The molecule has 0 aliphatic carbocycles. The number of fused-ring (bicyclic) bond motifs is 1. The zero-order chi connectivity index (χ0) is 26.0. The molecular weight excluding hydrogens is 500 g/mol. The highest BCUT2D eigenvalue weighted by atomic mass is 35.5. The van der Waals surface area contributed by atoms with E-state index < -0.39 is 36.0 Å². The third-order valence-corrected chi connectivity index (χ3v) is 6.61. The molecule has 4 atom stereocenters. The molecule has 0 spiro atoms. The largest absolute Gasteiger partial charge is 0.459 e. The van der Waals surface area contributed by atoms with Crippen LogP contribution in [-0.4, -0.2) is 63.0 Å². The van der Waals surface area contributed by atoms with Gasteiger partial charge in [-0.25, -0.2) is 24.5 Å². The lowest BCUT2D eigenvalue weighted by Crippen LogP contribution is -2.48. The number of rotatable bonds is 7. The van der Waals surface area contributed by atoms with Gasteiger partial charge in [0.15, 0.2) is 23.1 Å². The van der Waals surface area contributed by atoms with Crippen LogP contribution in [0.1, 0.15) is 33.9 Å². The molecule has 2 aromatic carbocycles. The summed E-state index contributed by atoms with van der Waals surface area (Å²) in [6, 6.07) is 17.1. The number of methoxy groups -OCH3 is 1. The second-order valence-electron chi connectivity index (χ2n) is 8.56. The van der Waals surface area contributed by atoms with E-state index in [2.05, 4.69) is 15.0 Å². The van der Waals surface area contributed by atoms with Crippen LogP contribution < -0.4 is 0 Å². The van der Waals surface area contributed by atoms with Gasteiger partial charge in [0.05, 0.1) is 17.5 Å². The van der Waals surface area contributed by atoms with Gasteiger partial charge < -0.3 is 18.9 Å². The van der Waals surface area contributed by atoms with E-state index in [9.17, 15) is 9.59 Å². The quantitative estimate of drug-likeness (QED) is 0.263. The molecule has 2 aromatic heterocycles. The molecule has 5 rings (SSSR count). The van der Waals surface area contributed by atoms with Crippen molar-refractivity contribution < 1.29 is 28.5 Å². The summed E-state index contributed by atoms with van der Waals surface area (Å²) in [5.41, 5.74) is 0.305. The first-order valence-corrected chi connectivity index (χ1v) is 11.8. The van der Waals surface area contributed by atoms with Gasteiger partial charge in [-0.05, 0) is 31.2 Å². The van der Waals surface area contributed by atoms with Gasteiger partial charge in [-0.1, -0.05) is 48.0 Å². The molecule has 1 aliphatic heterocycles. The molecule has 1 aliphatic rings. The monoisotopic (exact) mass is 522 g/mol. The summed E-state index contributed by atoms with van der Waals surface area (Å²) in [6.45, 7) is 1.55. The zero-order valence-electron chi connectivity index (χ0n) is 20.0. The lowest BCUT2D eigenvalue weighted by Gasteiger charge is -2.33. The maximum atomic E-state index is 13.1. The summed E-state index contributed by atoms with van der Waals surface area (Å²) >= 11 is 6.19. The van der Waals surface area contributed by atoms with Crippen LogP contribution in [0.2, 0.25) is 5.15 Å². The summed E-state index contributed by atoms with van der Waals surface area (Å²) in [5.74, 6) is -1.11. The van der Waals surface area contributed by atoms with Crippen LogP contribution in [-0.2, 0) is 18.9 Å². The van der Waals surface area contributed by atoms with Crippen LogP contribution >= 0.6 is 11.6 Å². The fourth-order valence-electron chi connectivity index (χ4n) is 4.33. The highest BCUT2D eigenvalue weighted by Crippen LogP contribution is 2.44. The van der Waals surface area contributed by atoms with E-state index in [1.54, 1.807) is 72.2 Å². The van der Waals surface area contributed by atoms with E-state index in [1.807, 2.05) is 0 Å².